The molecule has 1 heterocycles. The topological polar surface area (TPSA) is 99.9 Å². The van der Waals surface area contributed by atoms with Gasteiger partial charge in [-0.2, -0.15) is 0 Å². The van der Waals surface area contributed by atoms with Gasteiger partial charge < -0.3 is 26.0 Å². The van der Waals surface area contributed by atoms with E-state index in [4.69, 9.17) is 10.5 Å². The smallest absolute Gasteiger partial charge is 0.317 e. The number of para-hydroxylation sites is 2. The Labute approximate surface area is 222 Å². The lowest BCUT2D eigenvalue weighted by atomic mass is 10.1. The van der Waals surface area contributed by atoms with E-state index in [-0.39, 0.29) is 24.3 Å². The van der Waals surface area contributed by atoms with Gasteiger partial charge in [-0.1, -0.05) is 36.4 Å². The number of anilines is 2. The highest BCUT2D eigenvalue weighted by atomic mass is 19.1. The molecule has 0 spiro atoms. The van der Waals surface area contributed by atoms with Gasteiger partial charge in [0.2, 0.25) is 0 Å². The van der Waals surface area contributed by atoms with Crippen molar-refractivity contribution in [2.75, 3.05) is 50.4 Å². The van der Waals surface area contributed by atoms with Crippen molar-refractivity contribution in [3.8, 4) is 0 Å². The maximum atomic E-state index is 13.5. The highest BCUT2D eigenvalue weighted by molar-refractivity contribution is 6.05. The average Bonchev–Trinajstić information content (AvgIpc) is 2.93. The molecule has 0 bridgehead atoms. The van der Waals surface area contributed by atoms with E-state index >= 15 is 0 Å². The normalized spacial score (nSPS) is 13.6. The van der Waals surface area contributed by atoms with E-state index in [0.717, 1.165) is 44.8 Å². The Kier molecular flexibility index (Phi) is 9.66. The van der Waals surface area contributed by atoms with Crippen LogP contribution in [0.15, 0.2) is 72.8 Å². The Bertz CT molecular complexity index is 1210. The molecule has 0 aliphatic carbocycles. The minimum absolute atomic E-state index is 0.224. The van der Waals surface area contributed by atoms with Gasteiger partial charge in [0, 0.05) is 44.8 Å². The summed E-state index contributed by atoms with van der Waals surface area (Å²) in [6.07, 6.45) is 0.812. The Morgan fingerprint density at radius 1 is 0.974 bits per heavy atom. The van der Waals surface area contributed by atoms with Crippen LogP contribution in [0.5, 0.6) is 0 Å². The number of nitrogen functional groups attached to an aromatic ring is 1. The lowest BCUT2D eigenvalue weighted by Crippen LogP contribution is -2.42. The van der Waals surface area contributed by atoms with E-state index in [1.807, 2.05) is 18.2 Å². The maximum absolute atomic E-state index is 13.5. The number of halogens is 1. The molecule has 4 rings (SSSR count). The van der Waals surface area contributed by atoms with E-state index in [0.29, 0.717) is 35.6 Å². The summed E-state index contributed by atoms with van der Waals surface area (Å²) in [5, 5.41) is 5.73. The first kappa shape index (κ1) is 27.1. The molecule has 0 atom stereocenters. The number of benzene rings is 3. The molecule has 3 aromatic carbocycles. The number of morpholine rings is 1. The zero-order valence-corrected chi connectivity index (χ0v) is 21.4. The number of rotatable bonds is 10. The third-order valence-electron chi connectivity index (χ3n) is 6.42. The van der Waals surface area contributed by atoms with Crippen LogP contribution in [-0.4, -0.2) is 61.1 Å². The molecule has 9 heteroatoms. The quantitative estimate of drug-likeness (QED) is 0.351. The highest BCUT2D eigenvalue weighted by Crippen LogP contribution is 2.18. The zero-order valence-electron chi connectivity index (χ0n) is 21.4. The van der Waals surface area contributed by atoms with E-state index < -0.39 is 0 Å². The first-order valence-electron chi connectivity index (χ1n) is 12.8. The molecule has 3 amide bonds. The summed E-state index contributed by atoms with van der Waals surface area (Å²) in [6.45, 7) is 5.29. The lowest BCUT2D eigenvalue weighted by Gasteiger charge is -2.28. The molecule has 1 saturated heterocycles. The van der Waals surface area contributed by atoms with Gasteiger partial charge in [0.05, 0.1) is 24.6 Å². The molecule has 200 valence electrons. The van der Waals surface area contributed by atoms with Crippen molar-refractivity contribution < 1.29 is 18.7 Å². The molecule has 1 aliphatic rings. The van der Waals surface area contributed by atoms with Crippen LogP contribution in [0.3, 0.4) is 0 Å². The minimum atomic E-state index is -0.335. The van der Waals surface area contributed by atoms with Crippen LogP contribution < -0.4 is 16.4 Å². The fraction of sp³-hybridized carbons (Fsp3) is 0.310. The second-order valence-corrected chi connectivity index (χ2v) is 9.26. The summed E-state index contributed by atoms with van der Waals surface area (Å²) in [5.74, 6) is -0.595. The number of carbonyl (C=O) groups excluding carboxylic acids is 2. The van der Waals surface area contributed by atoms with Crippen LogP contribution in [0.25, 0.3) is 0 Å². The van der Waals surface area contributed by atoms with Crippen molar-refractivity contribution in [1.82, 2.24) is 15.1 Å². The molecule has 0 unspecified atom stereocenters. The number of hydrogen-bond donors (Lipinski definition) is 3. The average molecular weight is 520 g/mol. The largest absolute Gasteiger partial charge is 0.397 e. The van der Waals surface area contributed by atoms with Crippen molar-refractivity contribution in [3.63, 3.8) is 0 Å². The van der Waals surface area contributed by atoms with Gasteiger partial charge in [-0.3, -0.25) is 9.69 Å². The summed E-state index contributed by atoms with van der Waals surface area (Å²) < 4.78 is 19.0. The van der Waals surface area contributed by atoms with Crippen molar-refractivity contribution >= 4 is 23.3 Å². The molecule has 1 fully saturated rings. The molecule has 1 aliphatic heterocycles. The van der Waals surface area contributed by atoms with Gasteiger partial charge >= 0.3 is 6.03 Å². The summed E-state index contributed by atoms with van der Waals surface area (Å²) in [6, 6.07) is 20.2. The first-order chi connectivity index (χ1) is 18.5. The number of amides is 3. The predicted molar refractivity (Wildman–Crippen MR) is 146 cm³/mol. The summed E-state index contributed by atoms with van der Waals surface area (Å²) >= 11 is 0. The van der Waals surface area contributed by atoms with Gasteiger partial charge in [0.1, 0.15) is 5.82 Å². The lowest BCUT2D eigenvalue weighted by molar-refractivity contribution is 0.0364. The van der Waals surface area contributed by atoms with Gasteiger partial charge in [0.15, 0.2) is 0 Å². The Hall–Kier alpha value is -3.95. The van der Waals surface area contributed by atoms with E-state index in [2.05, 4.69) is 15.5 Å². The predicted octanol–water partition coefficient (Wildman–Crippen LogP) is 4.09. The standard InChI is InChI=1S/C29H34FN5O3/c30-25-6-3-5-23(19-25)20-32-29(37)35(14-4-13-34-15-17-38-18-16-34)21-22-9-11-24(12-10-22)28(36)33-27-8-2-1-7-26(27)31/h1-3,5-12,19H,4,13-18,20-21,31H2,(H,32,37)(H,33,36). The van der Waals surface area contributed by atoms with Crippen LogP contribution in [0.1, 0.15) is 27.9 Å². The van der Waals surface area contributed by atoms with Crippen LogP contribution in [0, 0.1) is 5.82 Å². The number of nitrogens with zero attached hydrogens (tertiary/aromatic N) is 2. The van der Waals surface area contributed by atoms with E-state index in [9.17, 15) is 14.0 Å². The molecular formula is C29H34FN5O3. The highest BCUT2D eigenvalue weighted by Gasteiger charge is 2.16. The third kappa shape index (κ3) is 8.03. The summed E-state index contributed by atoms with van der Waals surface area (Å²) in [5.41, 5.74) is 9.06. The van der Waals surface area contributed by atoms with Crippen molar-refractivity contribution in [1.29, 1.82) is 0 Å². The second-order valence-electron chi connectivity index (χ2n) is 9.26. The van der Waals surface area contributed by atoms with Crippen LogP contribution >= 0.6 is 0 Å². The van der Waals surface area contributed by atoms with Crippen molar-refractivity contribution in [2.45, 2.75) is 19.5 Å². The van der Waals surface area contributed by atoms with E-state index in [1.165, 1.54) is 12.1 Å². The fourth-order valence-electron chi connectivity index (χ4n) is 4.29. The Morgan fingerprint density at radius 3 is 2.47 bits per heavy atom. The van der Waals surface area contributed by atoms with E-state index in [1.54, 1.807) is 47.4 Å². The van der Waals surface area contributed by atoms with Gasteiger partial charge in [-0.25, -0.2) is 9.18 Å². The van der Waals surface area contributed by atoms with Gasteiger partial charge in [-0.05, 0) is 53.9 Å². The first-order valence-corrected chi connectivity index (χ1v) is 12.8. The second kappa shape index (κ2) is 13.6. The number of carbonyl (C=O) groups is 2. The molecule has 3 aromatic rings. The van der Waals surface area contributed by atoms with Crippen molar-refractivity contribution in [3.05, 3.63) is 95.3 Å². The maximum Gasteiger partial charge on any atom is 0.317 e. The van der Waals surface area contributed by atoms with Crippen LogP contribution in [-0.2, 0) is 17.8 Å². The number of nitrogens with one attached hydrogen (secondary N) is 2. The van der Waals surface area contributed by atoms with Crippen molar-refractivity contribution in [2.24, 2.45) is 0 Å². The number of ether oxygens (including phenoxy) is 1. The van der Waals surface area contributed by atoms with Crippen LogP contribution in [0.2, 0.25) is 0 Å². The number of urea groups is 1. The minimum Gasteiger partial charge on any atom is -0.397 e. The third-order valence-corrected chi connectivity index (χ3v) is 6.42. The SMILES string of the molecule is Nc1ccccc1NC(=O)c1ccc(CN(CCCN2CCOCC2)C(=O)NCc2cccc(F)c2)cc1. The monoisotopic (exact) mass is 519 g/mol. The zero-order chi connectivity index (χ0) is 26.7. The van der Waals surface area contributed by atoms with Gasteiger partial charge in [-0.15, -0.1) is 0 Å². The van der Waals surface area contributed by atoms with Gasteiger partial charge in [0.25, 0.3) is 5.91 Å². The molecular weight excluding hydrogens is 485 g/mol. The fourth-order valence-corrected chi connectivity index (χ4v) is 4.29. The molecule has 0 aromatic heterocycles. The molecule has 0 saturated carbocycles. The van der Waals surface area contributed by atoms with Crippen LogP contribution in [0.4, 0.5) is 20.6 Å². The Balaban J connectivity index is 1.37. The number of nitrogens with two attached hydrogens (primary N) is 1. The summed E-state index contributed by atoms with van der Waals surface area (Å²) in [4.78, 5) is 29.9. The number of hydrogen-bond acceptors (Lipinski definition) is 5. The molecule has 38 heavy (non-hydrogen) atoms. The molecule has 8 nitrogen and oxygen atoms in total. The molecule has 4 N–H and O–H groups in total. The summed E-state index contributed by atoms with van der Waals surface area (Å²) in [7, 11) is 0. The Morgan fingerprint density at radius 2 is 1.74 bits per heavy atom. The molecule has 0 radical (unpaired) electrons.